The summed E-state index contributed by atoms with van der Waals surface area (Å²) in [7, 11) is 1.36. The minimum Gasteiger partial charge on any atom is -0.504 e. The zero-order chi connectivity index (χ0) is 24.4. The maximum absolute atomic E-state index is 12.0. The maximum atomic E-state index is 12.0. The van der Waals surface area contributed by atoms with Gasteiger partial charge in [-0.1, -0.05) is 60.1 Å². The van der Waals surface area contributed by atoms with Crippen LogP contribution in [0.2, 0.25) is 0 Å². The minimum absolute atomic E-state index is 0.0124. The molecule has 2 unspecified atom stereocenters. The lowest BCUT2D eigenvalue weighted by molar-refractivity contribution is 0.184. The van der Waals surface area contributed by atoms with Gasteiger partial charge in [-0.3, -0.25) is 4.79 Å². The Bertz CT molecular complexity index is 990. The van der Waals surface area contributed by atoms with Crippen molar-refractivity contribution in [3.05, 3.63) is 80.4 Å². The van der Waals surface area contributed by atoms with Crippen molar-refractivity contribution >= 4 is 0 Å². The van der Waals surface area contributed by atoms with Gasteiger partial charge < -0.3 is 19.9 Å². The van der Waals surface area contributed by atoms with Gasteiger partial charge in [0.25, 0.3) is 5.56 Å². The molecule has 0 bridgehead atoms. The topological polar surface area (TPSA) is 82.5 Å². The van der Waals surface area contributed by atoms with Crippen molar-refractivity contribution in [3.8, 4) is 11.5 Å². The van der Waals surface area contributed by atoms with Crippen molar-refractivity contribution < 1.29 is 14.9 Å². The number of aromatic amines is 1. The number of hydrogen-bond donors (Lipinski definition) is 3. The lowest BCUT2D eigenvalue weighted by Crippen LogP contribution is -2.13. The van der Waals surface area contributed by atoms with Gasteiger partial charge in [0.05, 0.1) is 13.2 Å². The van der Waals surface area contributed by atoms with Crippen molar-refractivity contribution in [3.63, 3.8) is 0 Å². The predicted molar refractivity (Wildman–Crippen MR) is 133 cm³/mol. The molecule has 0 amide bonds. The standard InChI is InChI=1S/C27H39NO4/c1-9-19(4)20(5)16-24(29)21(6)15-18(3)12-10-11-17(2)13-14-23-22(7)25(30)26(32-8)27(31)28-23/h9-10,12-13,15-16,21,24,29H,11,14H2,1-8H3,(H2,28,30,31)/b12-10+,17-13+,18-15+,19-9+,20-16+. The Kier molecular flexibility index (Phi) is 11.0. The van der Waals surface area contributed by atoms with Crippen LogP contribution in [0.1, 0.15) is 59.2 Å². The average Bonchev–Trinajstić information content (AvgIpc) is 2.74. The van der Waals surface area contributed by atoms with Gasteiger partial charge in [0, 0.05) is 23.6 Å². The highest BCUT2D eigenvalue weighted by Gasteiger charge is 2.13. The Labute approximate surface area is 192 Å². The molecule has 176 valence electrons. The van der Waals surface area contributed by atoms with Gasteiger partial charge in [0.2, 0.25) is 5.75 Å². The molecule has 2 atom stereocenters. The van der Waals surface area contributed by atoms with E-state index < -0.39 is 11.7 Å². The molecular formula is C27H39NO4. The Hall–Kier alpha value is -2.79. The summed E-state index contributed by atoms with van der Waals surface area (Å²) in [6.45, 7) is 13.9. The van der Waals surface area contributed by atoms with Crippen molar-refractivity contribution in [1.82, 2.24) is 4.98 Å². The van der Waals surface area contributed by atoms with Crippen LogP contribution in [0.3, 0.4) is 0 Å². The second-order valence-electron chi connectivity index (χ2n) is 8.38. The Morgan fingerprint density at radius 2 is 1.81 bits per heavy atom. The normalized spacial score (nSPS) is 15.9. The first-order valence-corrected chi connectivity index (χ1v) is 11.0. The molecule has 0 aliphatic heterocycles. The van der Waals surface area contributed by atoms with Crippen LogP contribution in [-0.2, 0) is 6.42 Å². The highest BCUT2D eigenvalue weighted by Crippen LogP contribution is 2.27. The summed E-state index contributed by atoms with van der Waals surface area (Å²) >= 11 is 0. The number of rotatable bonds is 10. The molecule has 5 heteroatoms. The van der Waals surface area contributed by atoms with Crippen LogP contribution < -0.4 is 10.3 Å². The lowest BCUT2D eigenvalue weighted by atomic mass is 9.97. The molecule has 1 aromatic rings. The van der Waals surface area contributed by atoms with Crippen molar-refractivity contribution in [2.45, 2.75) is 67.4 Å². The SMILES string of the molecule is C/C=C(C)/C(C)=C/C(O)C(C)/C=C(C)/C=C/C/C(C)=C/Cc1[nH]c(=O)c(OC)c(O)c1C. The fourth-order valence-electron chi connectivity index (χ4n) is 3.23. The quantitative estimate of drug-likeness (QED) is 0.322. The van der Waals surface area contributed by atoms with E-state index >= 15 is 0 Å². The van der Waals surface area contributed by atoms with Gasteiger partial charge in [-0.25, -0.2) is 0 Å². The fourth-order valence-corrected chi connectivity index (χ4v) is 3.23. The zero-order valence-corrected chi connectivity index (χ0v) is 20.7. The molecule has 5 nitrogen and oxygen atoms in total. The molecule has 0 radical (unpaired) electrons. The number of aliphatic hydroxyl groups excluding tert-OH is 1. The second-order valence-corrected chi connectivity index (χ2v) is 8.38. The maximum Gasteiger partial charge on any atom is 0.294 e. The number of allylic oxidation sites excluding steroid dienone is 8. The van der Waals surface area contributed by atoms with Crippen LogP contribution in [0.25, 0.3) is 0 Å². The van der Waals surface area contributed by atoms with Gasteiger partial charge in [-0.2, -0.15) is 0 Å². The molecule has 0 saturated heterocycles. The second kappa shape index (κ2) is 12.9. The highest BCUT2D eigenvalue weighted by atomic mass is 16.5. The first-order chi connectivity index (χ1) is 15.0. The van der Waals surface area contributed by atoms with Gasteiger partial charge >= 0.3 is 0 Å². The summed E-state index contributed by atoms with van der Waals surface area (Å²) < 4.78 is 4.94. The third-order valence-corrected chi connectivity index (χ3v) is 5.71. The largest absolute Gasteiger partial charge is 0.504 e. The Balaban J connectivity index is 2.76. The molecule has 0 aliphatic carbocycles. The van der Waals surface area contributed by atoms with E-state index in [1.54, 1.807) is 6.92 Å². The number of nitrogens with one attached hydrogen (secondary N) is 1. The third-order valence-electron chi connectivity index (χ3n) is 5.71. The zero-order valence-electron chi connectivity index (χ0n) is 20.7. The van der Waals surface area contributed by atoms with Crippen LogP contribution >= 0.6 is 0 Å². The monoisotopic (exact) mass is 441 g/mol. The van der Waals surface area contributed by atoms with Crippen LogP contribution in [-0.4, -0.2) is 28.4 Å². The number of hydrogen-bond acceptors (Lipinski definition) is 4. The number of aromatic hydroxyl groups is 1. The van der Waals surface area contributed by atoms with E-state index in [1.807, 2.05) is 59.8 Å². The van der Waals surface area contributed by atoms with Crippen LogP contribution in [0.4, 0.5) is 0 Å². The first-order valence-electron chi connectivity index (χ1n) is 11.0. The van der Waals surface area contributed by atoms with E-state index in [0.29, 0.717) is 17.7 Å². The number of methoxy groups -OCH3 is 1. The summed E-state index contributed by atoms with van der Waals surface area (Å²) in [4.78, 5) is 14.8. The number of pyridine rings is 1. The molecule has 3 N–H and O–H groups in total. The number of aromatic nitrogens is 1. The summed E-state index contributed by atoms with van der Waals surface area (Å²) in [5, 5.41) is 20.6. The fraction of sp³-hybridized carbons (Fsp3) is 0.444. The van der Waals surface area contributed by atoms with E-state index in [2.05, 4.69) is 23.2 Å². The third kappa shape index (κ3) is 8.04. The average molecular weight is 442 g/mol. The first kappa shape index (κ1) is 27.2. The number of ether oxygens (including phenoxy) is 1. The molecule has 1 rings (SSSR count). The van der Waals surface area contributed by atoms with Crippen LogP contribution in [0.5, 0.6) is 11.5 Å². The van der Waals surface area contributed by atoms with E-state index in [4.69, 9.17) is 4.74 Å². The molecule has 1 heterocycles. The molecule has 0 aliphatic rings. The lowest BCUT2D eigenvalue weighted by Gasteiger charge is -2.14. The molecule has 32 heavy (non-hydrogen) atoms. The smallest absolute Gasteiger partial charge is 0.294 e. The molecule has 1 aromatic heterocycles. The summed E-state index contributed by atoms with van der Waals surface area (Å²) in [6, 6.07) is 0. The molecule has 0 saturated carbocycles. The summed E-state index contributed by atoms with van der Waals surface area (Å²) in [6.07, 6.45) is 13.0. The van der Waals surface area contributed by atoms with Crippen LogP contribution in [0.15, 0.2) is 63.5 Å². The van der Waals surface area contributed by atoms with E-state index in [0.717, 1.165) is 23.1 Å². The van der Waals surface area contributed by atoms with Crippen LogP contribution in [0, 0.1) is 12.8 Å². The highest BCUT2D eigenvalue weighted by molar-refractivity contribution is 5.45. The number of aliphatic hydroxyl groups is 1. The van der Waals surface area contributed by atoms with Gasteiger partial charge in [0.1, 0.15) is 0 Å². The van der Waals surface area contributed by atoms with Gasteiger partial charge in [-0.15, -0.1) is 0 Å². The summed E-state index contributed by atoms with van der Waals surface area (Å²) in [5.41, 5.74) is 5.36. The van der Waals surface area contributed by atoms with E-state index in [1.165, 1.54) is 12.7 Å². The molecular weight excluding hydrogens is 402 g/mol. The Morgan fingerprint density at radius 3 is 2.41 bits per heavy atom. The Morgan fingerprint density at radius 1 is 1.16 bits per heavy atom. The van der Waals surface area contributed by atoms with Crippen molar-refractivity contribution in [2.24, 2.45) is 5.92 Å². The van der Waals surface area contributed by atoms with E-state index in [9.17, 15) is 15.0 Å². The van der Waals surface area contributed by atoms with Gasteiger partial charge in [-0.05, 0) is 53.5 Å². The molecule has 0 spiro atoms. The van der Waals surface area contributed by atoms with Crippen molar-refractivity contribution in [1.29, 1.82) is 0 Å². The minimum atomic E-state index is -0.527. The van der Waals surface area contributed by atoms with Gasteiger partial charge in [0.15, 0.2) is 5.75 Å². The van der Waals surface area contributed by atoms with Crippen molar-refractivity contribution in [2.75, 3.05) is 7.11 Å². The predicted octanol–water partition coefficient (Wildman–Crippen LogP) is 5.69. The molecule has 0 aromatic carbocycles. The number of H-pyrrole nitrogens is 1. The molecule has 0 fully saturated rings. The van der Waals surface area contributed by atoms with E-state index in [-0.39, 0.29) is 17.4 Å². The summed E-state index contributed by atoms with van der Waals surface area (Å²) in [5.74, 6) is -0.155.